The second-order valence-corrected chi connectivity index (χ2v) is 14.9. The van der Waals surface area contributed by atoms with Crippen molar-refractivity contribution in [2.45, 2.75) is 60.8 Å². The molecule has 242 valence electrons. The molecule has 0 atom stereocenters. The zero-order valence-electron chi connectivity index (χ0n) is 27.6. The Bertz CT molecular complexity index is 1700. The third-order valence-corrected chi connectivity index (χ3v) is 9.09. The minimum absolute atomic E-state index is 0.121. The fraction of sp³-hybridized carbons (Fsp3) is 0.395. The summed E-state index contributed by atoms with van der Waals surface area (Å²) < 4.78 is 18.0. The number of fused-ring (bicyclic) bond motifs is 1. The maximum Gasteiger partial charge on any atom is 0.316 e. The van der Waals surface area contributed by atoms with Crippen molar-refractivity contribution in [1.82, 2.24) is 4.90 Å². The first-order valence-electron chi connectivity index (χ1n) is 15.9. The molecule has 1 aliphatic rings. The van der Waals surface area contributed by atoms with Gasteiger partial charge in [-0.2, -0.15) is 0 Å². The lowest BCUT2D eigenvalue weighted by molar-refractivity contribution is -0.143. The molecule has 0 N–H and O–H groups in total. The number of ether oxygens (including phenoxy) is 3. The molecule has 1 saturated heterocycles. The molecule has 7 nitrogen and oxygen atoms in total. The summed E-state index contributed by atoms with van der Waals surface area (Å²) in [6.45, 7) is 14.6. The van der Waals surface area contributed by atoms with Crippen molar-refractivity contribution in [3.8, 4) is 27.7 Å². The summed E-state index contributed by atoms with van der Waals surface area (Å²) in [5.41, 5.74) is 0.630. The summed E-state index contributed by atoms with van der Waals surface area (Å²) in [6.07, 6.45) is 3.79. The van der Waals surface area contributed by atoms with Gasteiger partial charge in [-0.05, 0) is 140 Å². The first kappa shape index (κ1) is 33.4. The molecule has 1 aromatic heterocycles. The Hall–Kier alpha value is -4.01. The Balaban J connectivity index is 1.43. The molecule has 0 amide bonds. The van der Waals surface area contributed by atoms with E-state index in [0.29, 0.717) is 29.2 Å². The van der Waals surface area contributed by atoms with Crippen molar-refractivity contribution in [3.63, 3.8) is 0 Å². The Labute approximate surface area is 275 Å². The maximum absolute atomic E-state index is 14.2. The maximum atomic E-state index is 14.2. The Morgan fingerprint density at radius 3 is 1.89 bits per heavy atom. The molecule has 0 bridgehead atoms. The van der Waals surface area contributed by atoms with E-state index in [-0.39, 0.29) is 17.7 Å². The Morgan fingerprint density at radius 1 is 0.717 bits per heavy atom. The lowest BCUT2D eigenvalue weighted by atomic mass is 9.97. The normalized spacial score (nSPS) is 14.2. The summed E-state index contributed by atoms with van der Waals surface area (Å²) in [5.74, 6) is 0.811. The lowest BCUT2D eigenvalue weighted by Crippen LogP contribution is -2.33. The van der Waals surface area contributed by atoms with Crippen molar-refractivity contribution < 1.29 is 28.6 Å². The molecular weight excluding hydrogens is 598 g/mol. The zero-order valence-corrected chi connectivity index (χ0v) is 28.4. The van der Waals surface area contributed by atoms with Crippen LogP contribution in [0.25, 0.3) is 20.5 Å². The van der Waals surface area contributed by atoms with Crippen molar-refractivity contribution >= 4 is 39.1 Å². The van der Waals surface area contributed by atoms with Gasteiger partial charge in [0.2, 0.25) is 0 Å². The predicted octanol–water partition coefficient (Wildman–Crippen LogP) is 8.57. The molecule has 0 aliphatic carbocycles. The van der Waals surface area contributed by atoms with Crippen LogP contribution in [0.5, 0.6) is 17.2 Å². The van der Waals surface area contributed by atoms with Crippen LogP contribution in [0.3, 0.4) is 0 Å². The van der Waals surface area contributed by atoms with Gasteiger partial charge in [0.05, 0.1) is 10.8 Å². The van der Waals surface area contributed by atoms with Gasteiger partial charge in [0.25, 0.3) is 0 Å². The molecule has 46 heavy (non-hydrogen) atoms. The van der Waals surface area contributed by atoms with E-state index in [9.17, 15) is 14.4 Å². The van der Waals surface area contributed by atoms with E-state index in [1.807, 2.05) is 36.4 Å². The van der Waals surface area contributed by atoms with Crippen LogP contribution in [-0.4, -0.2) is 48.9 Å². The largest absolute Gasteiger partial charge is 0.492 e. The number of likely N-dealkylation sites (tertiary alicyclic amines) is 1. The Morgan fingerprint density at radius 2 is 1.28 bits per heavy atom. The molecule has 8 heteroatoms. The summed E-state index contributed by atoms with van der Waals surface area (Å²) in [5, 5.41) is 0.769. The number of carbonyl (C=O) groups excluding carboxylic acids is 3. The van der Waals surface area contributed by atoms with Gasteiger partial charge in [0, 0.05) is 32.6 Å². The highest BCUT2D eigenvalue weighted by Crippen LogP contribution is 2.42. The van der Waals surface area contributed by atoms with Crippen molar-refractivity contribution in [1.29, 1.82) is 0 Å². The van der Waals surface area contributed by atoms with E-state index in [1.54, 1.807) is 71.9 Å². The van der Waals surface area contributed by atoms with Crippen LogP contribution in [0.4, 0.5) is 0 Å². The number of rotatable bonds is 9. The SMILES string of the molecule is CC(C)(C)C(=O)Oc1ccc(-c2sc3cc(OC(=O)C(C)(C)C)ccc3c2C(=O)c2ccc(OCCN3CCCCC3)cc2)cc1. The number of benzene rings is 3. The monoisotopic (exact) mass is 641 g/mol. The average molecular weight is 642 g/mol. The molecule has 0 spiro atoms. The van der Waals surface area contributed by atoms with Crippen LogP contribution < -0.4 is 14.2 Å². The molecule has 1 fully saturated rings. The van der Waals surface area contributed by atoms with Crippen LogP contribution in [0.1, 0.15) is 76.7 Å². The van der Waals surface area contributed by atoms with E-state index in [1.165, 1.54) is 30.6 Å². The molecule has 5 rings (SSSR count). The van der Waals surface area contributed by atoms with Gasteiger partial charge in [-0.25, -0.2) is 0 Å². The second kappa shape index (κ2) is 13.8. The highest BCUT2D eigenvalue weighted by Gasteiger charge is 2.27. The van der Waals surface area contributed by atoms with E-state index in [2.05, 4.69) is 4.90 Å². The minimum Gasteiger partial charge on any atom is -0.492 e. The van der Waals surface area contributed by atoms with Gasteiger partial charge < -0.3 is 14.2 Å². The van der Waals surface area contributed by atoms with Crippen molar-refractivity contribution in [3.05, 3.63) is 77.9 Å². The van der Waals surface area contributed by atoms with E-state index < -0.39 is 10.8 Å². The topological polar surface area (TPSA) is 82.1 Å². The molecule has 1 aliphatic heterocycles. The van der Waals surface area contributed by atoms with Crippen LogP contribution in [0.2, 0.25) is 0 Å². The van der Waals surface area contributed by atoms with Crippen LogP contribution in [0.15, 0.2) is 66.7 Å². The van der Waals surface area contributed by atoms with Gasteiger partial charge in [-0.3, -0.25) is 19.3 Å². The van der Waals surface area contributed by atoms with Crippen LogP contribution in [0, 0.1) is 10.8 Å². The minimum atomic E-state index is -0.654. The number of ketones is 1. The fourth-order valence-corrected chi connectivity index (χ4v) is 6.32. The highest BCUT2D eigenvalue weighted by atomic mass is 32.1. The molecule has 0 unspecified atom stereocenters. The lowest BCUT2D eigenvalue weighted by Gasteiger charge is -2.26. The third-order valence-electron chi connectivity index (χ3n) is 7.89. The number of esters is 2. The summed E-state index contributed by atoms with van der Waals surface area (Å²) in [6, 6.07) is 19.9. The summed E-state index contributed by atoms with van der Waals surface area (Å²) >= 11 is 1.45. The number of piperidine rings is 1. The van der Waals surface area contributed by atoms with Gasteiger partial charge in [0.15, 0.2) is 5.78 Å². The molecule has 0 saturated carbocycles. The smallest absolute Gasteiger partial charge is 0.316 e. The van der Waals surface area contributed by atoms with Gasteiger partial charge in [-0.15, -0.1) is 11.3 Å². The van der Waals surface area contributed by atoms with E-state index in [0.717, 1.165) is 45.9 Å². The van der Waals surface area contributed by atoms with Crippen molar-refractivity contribution in [2.24, 2.45) is 10.8 Å². The van der Waals surface area contributed by atoms with Crippen molar-refractivity contribution in [2.75, 3.05) is 26.2 Å². The Kier molecular flexibility index (Phi) is 9.99. The third kappa shape index (κ3) is 8.03. The number of nitrogens with zero attached hydrogens (tertiary/aromatic N) is 1. The number of hydrogen-bond donors (Lipinski definition) is 0. The first-order valence-corrected chi connectivity index (χ1v) is 16.7. The number of hydrogen-bond acceptors (Lipinski definition) is 8. The summed E-state index contributed by atoms with van der Waals surface area (Å²) in [4.78, 5) is 42.4. The standard InChI is InChI=1S/C38H43NO6S/c1-37(2,3)35(41)44-28-16-12-26(13-17-28)34-32(30-19-18-29(24-31(30)46-34)45-36(42)38(4,5)6)33(40)25-10-14-27(15-11-25)43-23-22-39-20-8-7-9-21-39/h10-19,24H,7-9,20-23H2,1-6H3. The van der Waals surface area contributed by atoms with Crippen LogP contribution >= 0.6 is 11.3 Å². The van der Waals surface area contributed by atoms with E-state index in [4.69, 9.17) is 14.2 Å². The van der Waals surface area contributed by atoms with Gasteiger partial charge >= 0.3 is 11.9 Å². The van der Waals surface area contributed by atoms with Gasteiger partial charge in [-0.1, -0.05) is 6.42 Å². The number of thiophene rings is 1. The molecular formula is C38H43NO6S. The van der Waals surface area contributed by atoms with Crippen LogP contribution in [-0.2, 0) is 9.59 Å². The second-order valence-electron chi connectivity index (χ2n) is 13.9. The first-order chi connectivity index (χ1) is 21.8. The summed E-state index contributed by atoms with van der Waals surface area (Å²) in [7, 11) is 0. The molecule has 2 heterocycles. The molecule has 4 aromatic rings. The predicted molar refractivity (Wildman–Crippen MR) is 183 cm³/mol. The zero-order chi connectivity index (χ0) is 33.1. The van der Waals surface area contributed by atoms with Gasteiger partial charge in [0.1, 0.15) is 23.9 Å². The number of carbonyl (C=O) groups is 3. The quantitative estimate of drug-likeness (QED) is 0.103. The van der Waals surface area contributed by atoms with E-state index >= 15 is 0 Å². The molecule has 0 radical (unpaired) electrons. The fourth-order valence-electron chi connectivity index (χ4n) is 5.09. The average Bonchev–Trinajstić information content (AvgIpc) is 3.40. The highest BCUT2D eigenvalue weighted by molar-refractivity contribution is 7.22. The molecule has 3 aromatic carbocycles.